The zero-order valence-corrected chi connectivity index (χ0v) is 13.4. The van der Waals surface area contributed by atoms with Gasteiger partial charge in [-0.05, 0) is 59.0 Å². The number of sulfonamides is 1. The zero-order chi connectivity index (χ0) is 13.6. The predicted molar refractivity (Wildman–Crippen MR) is 81.4 cm³/mol. The lowest BCUT2D eigenvalue weighted by molar-refractivity contribution is 0.578. The molecule has 18 heavy (non-hydrogen) atoms. The van der Waals surface area contributed by atoms with E-state index in [1.54, 1.807) is 23.9 Å². The Balaban J connectivity index is 2.66. The first-order valence-electron chi connectivity index (χ1n) is 5.51. The molecule has 1 aromatic rings. The van der Waals surface area contributed by atoms with Gasteiger partial charge in [0.05, 0.1) is 4.90 Å². The lowest BCUT2D eigenvalue weighted by Crippen LogP contribution is -2.25. The number of thioether (sulfide) groups is 1. The van der Waals surface area contributed by atoms with Gasteiger partial charge in [0.2, 0.25) is 10.0 Å². The van der Waals surface area contributed by atoms with E-state index >= 15 is 0 Å². The summed E-state index contributed by atoms with van der Waals surface area (Å²) in [5.41, 5.74) is 6.03. The molecule has 102 valence electrons. The predicted octanol–water partition coefficient (Wildman–Crippen LogP) is 2.45. The number of rotatable bonds is 7. The Morgan fingerprint density at radius 2 is 2.11 bits per heavy atom. The van der Waals surface area contributed by atoms with Crippen molar-refractivity contribution < 1.29 is 8.42 Å². The highest BCUT2D eigenvalue weighted by atomic mass is 79.9. The molecule has 0 bridgehead atoms. The van der Waals surface area contributed by atoms with Gasteiger partial charge in [-0.2, -0.15) is 11.8 Å². The summed E-state index contributed by atoms with van der Waals surface area (Å²) < 4.78 is 27.2. The number of nitrogen functional groups attached to an aromatic ring is 1. The van der Waals surface area contributed by atoms with Crippen molar-refractivity contribution in [3.05, 3.63) is 22.7 Å². The van der Waals surface area contributed by atoms with Crippen LogP contribution in [0.3, 0.4) is 0 Å². The lowest BCUT2D eigenvalue weighted by atomic mass is 10.3. The Bertz CT molecular complexity index is 492. The van der Waals surface area contributed by atoms with Gasteiger partial charge >= 0.3 is 0 Å². The SMILES string of the molecule is CSCCCCNS(=O)(=O)c1cc(N)ccc1Br. The molecule has 0 aliphatic heterocycles. The first kappa shape index (κ1) is 15.8. The number of benzene rings is 1. The van der Waals surface area contributed by atoms with Crippen molar-refractivity contribution in [1.29, 1.82) is 0 Å². The van der Waals surface area contributed by atoms with Crippen molar-refractivity contribution in [3.8, 4) is 0 Å². The molecule has 0 aromatic heterocycles. The molecular weight excluding hydrogens is 336 g/mol. The molecule has 1 aromatic carbocycles. The van der Waals surface area contributed by atoms with Gasteiger partial charge < -0.3 is 5.73 Å². The number of nitrogens with one attached hydrogen (secondary N) is 1. The van der Waals surface area contributed by atoms with Crippen LogP contribution in [0.2, 0.25) is 0 Å². The van der Waals surface area contributed by atoms with E-state index in [1.165, 1.54) is 6.07 Å². The van der Waals surface area contributed by atoms with E-state index in [0.717, 1.165) is 18.6 Å². The minimum Gasteiger partial charge on any atom is -0.399 e. The zero-order valence-electron chi connectivity index (χ0n) is 10.1. The van der Waals surface area contributed by atoms with Crippen LogP contribution < -0.4 is 10.5 Å². The van der Waals surface area contributed by atoms with Gasteiger partial charge in [-0.15, -0.1) is 0 Å². The minimum absolute atomic E-state index is 0.187. The monoisotopic (exact) mass is 352 g/mol. The lowest BCUT2D eigenvalue weighted by Gasteiger charge is -2.09. The summed E-state index contributed by atoms with van der Waals surface area (Å²) in [6.45, 7) is 0.449. The van der Waals surface area contributed by atoms with E-state index in [9.17, 15) is 8.42 Å². The first-order chi connectivity index (χ1) is 8.47. The fourth-order valence-electron chi connectivity index (χ4n) is 1.38. The average molecular weight is 353 g/mol. The van der Waals surface area contributed by atoms with Crippen molar-refractivity contribution in [2.75, 3.05) is 24.3 Å². The highest BCUT2D eigenvalue weighted by Gasteiger charge is 2.17. The van der Waals surface area contributed by atoms with Crippen molar-refractivity contribution in [3.63, 3.8) is 0 Å². The first-order valence-corrected chi connectivity index (χ1v) is 9.18. The van der Waals surface area contributed by atoms with Crippen LogP contribution in [-0.4, -0.2) is 27.0 Å². The molecule has 0 saturated heterocycles. The summed E-state index contributed by atoms with van der Waals surface area (Å²) in [7, 11) is -3.48. The molecule has 0 saturated carbocycles. The van der Waals surface area contributed by atoms with E-state index in [4.69, 9.17) is 5.73 Å². The maximum absolute atomic E-state index is 12.0. The van der Waals surface area contributed by atoms with Crippen molar-refractivity contribution in [2.45, 2.75) is 17.7 Å². The summed E-state index contributed by atoms with van der Waals surface area (Å²) in [6, 6.07) is 4.74. The van der Waals surface area contributed by atoms with Crippen LogP contribution in [0.4, 0.5) is 5.69 Å². The summed E-state index contributed by atoms with van der Waals surface area (Å²) in [4.78, 5) is 0.187. The third kappa shape index (κ3) is 4.79. The van der Waals surface area contributed by atoms with Gasteiger partial charge in [0.25, 0.3) is 0 Å². The quantitative estimate of drug-likeness (QED) is 0.583. The molecule has 0 radical (unpaired) electrons. The van der Waals surface area contributed by atoms with Crippen LogP contribution in [0.15, 0.2) is 27.6 Å². The molecule has 0 heterocycles. The molecule has 4 nitrogen and oxygen atoms in total. The largest absolute Gasteiger partial charge is 0.399 e. The van der Waals surface area contributed by atoms with Crippen LogP contribution in [0.25, 0.3) is 0 Å². The number of nitrogens with two attached hydrogens (primary N) is 1. The number of hydrogen-bond acceptors (Lipinski definition) is 4. The van der Waals surface area contributed by atoms with Gasteiger partial charge in [-0.3, -0.25) is 0 Å². The second-order valence-electron chi connectivity index (χ2n) is 3.79. The third-order valence-electron chi connectivity index (χ3n) is 2.31. The Morgan fingerprint density at radius 3 is 2.78 bits per heavy atom. The standard InChI is InChI=1S/C11H17BrN2O2S2/c1-17-7-3-2-6-14-18(15,16)11-8-9(13)4-5-10(11)12/h4-5,8,14H,2-3,6-7,13H2,1H3. The number of halogens is 1. The van der Waals surface area contributed by atoms with E-state index in [2.05, 4.69) is 20.7 Å². The summed E-state index contributed by atoms with van der Waals surface area (Å²) >= 11 is 4.98. The van der Waals surface area contributed by atoms with Crippen LogP contribution in [0.1, 0.15) is 12.8 Å². The van der Waals surface area contributed by atoms with E-state index in [1.807, 2.05) is 6.26 Å². The van der Waals surface area contributed by atoms with Gasteiger partial charge in [-0.25, -0.2) is 13.1 Å². The van der Waals surface area contributed by atoms with Crippen molar-refractivity contribution >= 4 is 43.4 Å². The molecule has 1 rings (SSSR count). The van der Waals surface area contributed by atoms with Gasteiger partial charge in [0, 0.05) is 16.7 Å². The Morgan fingerprint density at radius 1 is 1.39 bits per heavy atom. The minimum atomic E-state index is -3.48. The molecule has 0 aliphatic rings. The molecule has 0 spiro atoms. The fourth-order valence-corrected chi connectivity index (χ4v) is 3.94. The highest BCUT2D eigenvalue weighted by Crippen LogP contribution is 2.23. The van der Waals surface area contributed by atoms with Crippen molar-refractivity contribution in [1.82, 2.24) is 4.72 Å². The molecule has 0 unspecified atom stereocenters. The van der Waals surface area contributed by atoms with Crippen LogP contribution in [0.5, 0.6) is 0 Å². The Hall–Kier alpha value is -0.240. The van der Waals surface area contributed by atoms with Crippen LogP contribution >= 0.6 is 27.7 Å². The summed E-state index contributed by atoms with van der Waals surface area (Å²) in [5.74, 6) is 1.05. The van der Waals surface area contributed by atoms with Gasteiger partial charge in [0.15, 0.2) is 0 Å². The second-order valence-corrected chi connectivity index (χ2v) is 7.36. The third-order valence-corrected chi connectivity index (χ3v) is 5.46. The molecule has 3 N–H and O–H groups in total. The fraction of sp³-hybridized carbons (Fsp3) is 0.455. The molecule has 0 atom stereocenters. The van der Waals surface area contributed by atoms with Crippen molar-refractivity contribution in [2.24, 2.45) is 0 Å². The van der Waals surface area contributed by atoms with Crippen LogP contribution in [0, 0.1) is 0 Å². The Kier molecular flexibility index (Phi) is 6.48. The number of anilines is 1. The summed E-state index contributed by atoms with van der Waals surface area (Å²) in [5, 5.41) is 0. The summed E-state index contributed by atoms with van der Waals surface area (Å²) in [6.07, 6.45) is 3.87. The van der Waals surface area contributed by atoms with Gasteiger partial charge in [0.1, 0.15) is 0 Å². The molecule has 0 amide bonds. The van der Waals surface area contributed by atoms with E-state index in [-0.39, 0.29) is 4.90 Å². The maximum atomic E-state index is 12.0. The van der Waals surface area contributed by atoms with Gasteiger partial charge in [-0.1, -0.05) is 0 Å². The average Bonchev–Trinajstić information content (AvgIpc) is 2.32. The number of hydrogen-bond donors (Lipinski definition) is 2. The van der Waals surface area contributed by atoms with Crippen LogP contribution in [-0.2, 0) is 10.0 Å². The van der Waals surface area contributed by atoms with E-state index < -0.39 is 10.0 Å². The highest BCUT2D eigenvalue weighted by molar-refractivity contribution is 9.10. The Labute approximate surface area is 121 Å². The maximum Gasteiger partial charge on any atom is 0.241 e. The molecule has 0 aliphatic carbocycles. The topological polar surface area (TPSA) is 72.2 Å². The smallest absolute Gasteiger partial charge is 0.241 e. The number of unbranched alkanes of at least 4 members (excludes halogenated alkanes) is 1. The second kappa shape index (κ2) is 7.37. The normalized spacial score (nSPS) is 11.7. The van der Waals surface area contributed by atoms with E-state index in [0.29, 0.717) is 16.7 Å². The molecular formula is C11H17BrN2O2S2. The molecule has 0 fully saturated rings. The molecule has 7 heteroatoms.